The summed E-state index contributed by atoms with van der Waals surface area (Å²) >= 11 is 0. The van der Waals surface area contributed by atoms with Crippen LogP contribution < -0.4 is 14.8 Å². The standard InChI is InChI=1S/C21H32N4O2/c1-5-16(2)24(3)10-9-22-14-18-15-25(4)23-21(18)17-7-8-19-20(13-17)27-12-6-11-26-19/h7-8,13,15-16,22H,5-6,9-12,14H2,1-4H3. The van der Waals surface area contributed by atoms with Crippen molar-refractivity contribution in [3.05, 3.63) is 30.0 Å². The monoisotopic (exact) mass is 372 g/mol. The Kier molecular flexibility index (Phi) is 6.74. The molecule has 3 rings (SSSR count). The highest BCUT2D eigenvalue weighted by molar-refractivity contribution is 5.66. The number of benzene rings is 1. The molecule has 148 valence electrons. The van der Waals surface area contributed by atoms with Crippen LogP contribution in [0.5, 0.6) is 11.5 Å². The third-order valence-corrected chi connectivity index (χ3v) is 5.23. The summed E-state index contributed by atoms with van der Waals surface area (Å²) in [6, 6.07) is 6.71. The Morgan fingerprint density at radius 1 is 1.26 bits per heavy atom. The molecule has 0 amide bonds. The summed E-state index contributed by atoms with van der Waals surface area (Å²) in [5.41, 5.74) is 3.25. The van der Waals surface area contributed by atoms with E-state index in [1.807, 2.05) is 23.9 Å². The third-order valence-electron chi connectivity index (χ3n) is 5.23. The molecule has 1 aliphatic rings. The van der Waals surface area contributed by atoms with E-state index < -0.39 is 0 Å². The van der Waals surface area contributed by atoms with Crippen LogP contribution in [0.2, 0.25) is 0 Å². The highest BCUT2D eigenvalue weighted by atomic mass is 16.5. The largest absolute Gasteiger partial charge is 0.490 e. The molecule has 0 spiro atoms. The maximum absolute atomic E-state index is 5.83. The highest BCUT2D eigenvalue weighted by Crippen LogP contribution is 2.34. The molecule has 0 saturated carbocycles. The molecule has 0 aliphatic carbocycles. The van der Waals surface area contributed by atoms with Gasteiger partial charge in [-0.25, -0.2) is 0 Å². The van der Waals surface area contributed by atoms with Gasteiger partial charge in [-0.1, -0.05) is 6.92 Å². The lowest BCUT2D eigenvalue weighted by molar-refractivity contribution is 0.252. The Balaban J connectivity index is 1.66. The van der Waals surface area contributed by atoms with Gasteiger partial charge in [0.05, 0.1) is 18.9 Å². The Morgan fingerprint density at radius 3 is 2.81 bits per heavy atom. The fourth-order valence-corrected chi connectivity index (χ4v) is 3.23. The summed E-state index contributed by atoms with van der Waals surface area (Å²) in [4.78, 5) is 2.39. The third kappa shape index (κ3) is 5.02. The quantitative estimate of drug-likeness (QED) is 0.722. The minimum absolute atomic E-state index is 0.613. The van der Waals surface area contributed by atoms with Gasteiger partial charge in [0.15, 0.2) is 11.5 Å². The second kappa shape index (κ2) is 9.24. The SMILES string of the molecule is CCC(C)N(C)CCNCc1cn(C)nc1-c1ccc2c(c1)OCCCO2. The van der Waals surface area contributed by atoms with E-state index in [1.54, 1.807) is 0 Å². The van der Waals surface area contributed by atoms with Gasteiger partial charge in [0.2, 0.25) is 0 Å². The van der Waals surface area contributed by atoms with Crippen molar-refractivity contribution in [2.75, 3.05) is 33.4 Å². The van der Waals surface area contributed by atoms with Gasteiger partial charge in [-0.15, -0.1) is 0 Å². The summed E-state index contributed by atoms with van der Waals surface area (Å²) in [5, 5.41) is 8.23. The van der Waals surface area contributed by atoms with Crippen molar-refractivity contribution in [1.29, 1.82) is 0 Å². The molecule has 1 N–H and O–H groups in total. The first-order valence-corrected chi connectivity index (χ1v) is 9.92. The molecule has 6 heteroatoms. The molecular formula is C21H32N4O2. The molecule has 0 radical (unpaired) electrons. The molecule has 1 unspecified atom stereocenters. The van der Waals surface area contributed by atoms with Crippen molar-refractivity contribution in [3.8, 4) is 22.8 Å². The van der Waals surface area contributed by atoms with E-state index >= 15 is 0 Å². The average molecular weight is 373 g/mol. The number of likely N-dealkylation sites (N-methyl/N-ethyl adjacent to an activating group) is 1. The minimum Gasteiger partial charge on any atom is -0.490 e. The number of aromatic nitrogens is 2. The highest BCUT2D eigenvalue weighted by Gasteiger charge is 2.15. The van der Waals surface area contributed by atoms with Crippen molar-refractivity contribution in [2.45, 2.75) is 39.3 Å². The molecule has 1 aromatic heterocycles. The molecule has 0 fully saturated rings. The van der Waals surface area contributed by atoms with E-state index in [-0.39, 0.29) is 0 Å². The molecule has 6 nitrogen and oxygen atoms in total. The predicted molar refractivity (Wildman–Crippen MR) is 108 cm³/mol. The second-order valence-corrected chi connectivity index (χ2v) is 7.30. The van der Waals surface area contributed by atoms with E-state index in [2.05, 4.69) is 48.5 Å². The summed E-state index contributed by atoms with van der Waals surface area (Å²) in [6.45, 7) is 8.68. The second-order valence-electron chi connectivity index (χ2n) is 7.30. The minimum atomic E-state index is 0.613. The molecule has 0 bridgehead atoms. The number of nitrogens with zero attached hydrogens (tertiary/aromatic N) is 3. The van der Waals surface area contributed by atoms with Crippen LogP contribution >= 0.6 is 0 Å². The molecule has 27 heavy (non-hydrogen) atoms. The lowest BCUT2D eigenvalue weighted by Crippen LogP contribution is -2.34. The molecule has 1 atom stereocenters. The van der Waals surface area contributed by atoms with Gasteiger partial charge in [0.1, 0.15) is 0 Å². The summed E-state index contributed by atoms with van der Waals surface area (Å²) in [6.07, 6.45) is 4.17. The zero-order chi connectivity index (χ0) is 19.2. The van der Waals surface area contributed by atoms with Crippen LogP contribution in [0.1, 0.15) is 32.3 Å². The van der Waals surface area contributed by atoms with Crippen LogP contribution in [-0.2, 0) is 13.6 Å². The fourth-order valence-electron chi connectivity index (χ4n) is 3.23. The first kappa shape index (κ1) is 19.7. The van der Waals surface area contributed by atoms with Gasteiger partial charge >= 0.3 is 0 Å². The molecule has 1 aliphatic heterocycles. The number of hydrogen-bond acceptors (Lipinski definition) is 5. The topological polar surface area (TPSA) is 51.6 Å². The summed E-state index contributed by atoms with van der Waals surface area (Å²) in [5.74, 6) is 1.63. The lowest BCUT2D eigenvalue weighted by atomic mass is 10.1. The molecular weight excluding hydrogens is 340 g/mol. The van der Waals surface area contributed by atoms with E-state index in [4.69, 9.17) is 9.47 Å². The first-order chi connectivity index (χ1) is 13.1. The van der Waals surface area contributed by atoms with Crippen LogP contribution in [0, 0.1) is 0 Å². The van der Waals surface area contributed by atoms with Crippen molar-refractivity contribution >= 4 is 0 Å². The van der Waals surface area contributed by atoms with Gasteiger partial charge in [-0.05, 0) is 38.6 Å². The van der Waals surface area contributed by atoms with E-state index in [9.17, 15) is 0 Å². The normalized spacial score (nSPS) is 15.0. The van der Waals surface area contributed by atoms with Gasteiger partial charge in [-0.3, -0.25) is 4.68 Å². The molecule has 2 aromatic rings. The number of ether oxygens (including phenoxy) is 2. The zero-order valence-electron chi connectivity index (χ0n) is 17.0. The predicted octanol–water partition coefficient (Wildman–Crippen LogP) is 3.07. The maximum Gasteiger partial charge on any atom is 0.161 e. The average Bonchev–Trinajstić information content (AvgIpc) is 2.89. The van der Waals surface area contributed by atoms with E-state index in [1.165, 1.54) is 12.0 Å². The van der Waals surface area contributed by atoms with Crippen molar-refractivity contribution in [3.63, 3.8) is 0 Å². The number of rotatable bonds is 8. The Morgan fingerprint density at radius 2 is 2.04 bits per heavy atom. The van der Waals surface area contributed by atoms with Crippen molar-refractivity contribution in [1.82, 2.24) is 20.0 Å². The lowest BCUT2D eigenvalue weighted by Gasteiger charge is -2.23. The number of nitrogens with one attached hydrogen (secondary N) is 1. The van der Waals surface area contributed by atoms with Crippen LogP contribution in [0.15, 0.2) is 24.4 Å². The Labute approximate surface area is 162 Å². The maximum atomic E-state index is 5.83. The summed E-state index contributed by atoms with van der Waals surface area (Å²) in [7, 11) is 4.15. The van der Waals surface area contributed by atoms with Crippen molar-refractivity contribution in [2.24, 2.45) is 7.05 Å². The molecule has 0 saturated heterocycles. The fraction of sp³-hybridized carbons (Fsp3) is 0.571. The van der Waals surface area contributed by atoms with Crippen LogP contribution in [-0.4, -0.2) is 54.1 Å². The number of aryl methyl sites for hydroxylation is 1. The molecule has 1 aromatic carbocycles. The smallest absolute Gasteiger partial charge is 0.161 e. The molecule has 2 heterocycles. The van der Waals surface area contributed by atoms with Crippen LogP contribution in [0.4, 0.5) is 0 Å². The van der Waals surface area contributed by atoms with Crippen LogP contribution in [0.3, 0.4) is 0 Å². The van der Waals surface area contributed by atoms with Crippen molar-refractivity contribution < 1.29 is 9.47 Å². The summed E-state index contributed by atoms with van der Waals surface area (Å²) < 4.78 is 13.4. The van der Waals surface area contributed by atoms with E-state index in [0.717, 1.165) is 48.8 Å². The Hall–Kier alpha value is -2.05. The van der Waals surface area contributed by atoms with E-state index in [0.29, 0.717) is 19.3 Å². The van der Waals surface area contributed by atoms with Crippen LogP contribution in [0.25, 0.3) is 11.3 Å². The number of hydrogen-bond donors (Lipinski definition) is 1. The zero-order valence-corrected chi connectivity index (χ0v) is 17.0. The van der Waals surface area contributed by atoms with Gasteiger partial charge in [-0.2, -0.15) is 5.10 Å². The number of fused-ring (bicyclic) bond motifs is 1. The van der Waals surface area contributed by atoms with Gasteiger partial charge < -0.3 is 19.7 Å². The Bertz CT molecular complexity index is 744. The van der Waals surface area contributed by atoms with Gasteiger partial charge in [0.25, 0.3) is 0 Å². The van der Waals surface area contributed by atoms with Gasteiger partial charge in [0, 0.05) is 56.5 Å². The first-order valence-electron chi connectivity index (χ1n) is 9.92.